The van der Waals surface area contributed by atoms with E-state index in [2.05, 4.69) is 29.5 Å². The van der Waals surface area contributed by atoms with Gasteiger partial charge in [-0.1, -0.05) is 48.5 Å². The molecule has 0 spiro atoms. The van der Waals surface area contributed by atoms with Gasteiger partial charge in [0.25, 0.3) is 0 Å². The van der Waals surface area contributed by atoms with Gasteiger partial charge in [-0.2, -0.15) is 4.98 Å². The summed E-state index contributed by atoms with van der Waals surface area (Å²) in [6, 6.07) is 17.1. The molecule has 236 valence electrons. The van der Waals surface area contributed by atoms with Crippen LogP contribution in [0.2, 0.25) is 0 Å². The summed E-state index contributed by atoms with van der Waals surface area (Å²) in [4.78, 5) is 10.3. The first-order chi connectivity index (χ1) is 20.6. The number of aromatic nitrogens is 2. The minimum Gasteiger partial charge on any atom is -0.362 e. The van der Waals surface area contributed by atoms with Crippen molar-refractivity contribution in [3.8, 4) is 0 Å². The fourth-order valence-electron chi connectivity index (χ4n) is 4.07. The number of para-hydroxylation sites is 1. The second kappa shape index (κ2) is 13.3. The molecule has 0 aliphatic heterocycles. The van der Waals surface area contributed by atoms with Crippen LogP contribution in [0.4, 0.5) is 38.1 Å². The molecule has 1 heterocycles. The molecular formula is C28H27F6N5O4S. The van der Waals surface area contributed by atoms with Crippen LogP contribution >= 0.6 is 0 Å². The number of alkyl halides is 6. The fraction of sp³-hybridized carbons (Fsp3) is 0.286. The lowest BCUT2D eigenvalue weighted by Crippen LogP contribution is -2.25. The van der Waals surface area contributed by atoms with Gasteiger partial charge in [0.1, 0.15) is 5.82 Å². The van der Waals surface area contributed by atoms with Gasteiger partial charge in [0.05, 0.1) is 23.6 Å². The summed E-state index contributed by atoms with van der Waals surface area (Å²) in [5, 5.41) is 4.07. The first-order valence-corrected chi connectivity index (χ1v) is 14.4. The van der Waals surface area contributed by atoms with Crippen LogP contribution in [0, 0.1) is 0 Å². The molecule has 2 N–H and O–H groups in total. The maximum Gasteiger partial charge on any atom is 0.522 e. The zero-order chi connectivity index (χ0) is 32.1. The van der Waals surface area contributed by atoms with Crippen molar-refractivity contribution in [3.63, 3.8) is 0 Å². The SMILES string of the molecule is CN(C)c1nc(NCc2ccc(CNS(=O)(=O)c3cc(COC(F)(F)F)ccc3COC(F)(F)F)cc2)nc2ccccc12. The number of sulfonamides is 1. The van der Waals surface area contributed by atoms with Gasteiger partial charge in [0.15, 0.2) is 0 Å². The molecule has 0 amide bonds. The van der Waals surface area contributed by atoms with Crippen LogP contribution in [0.25, 0.3) is 10.9 Å². The normalized spacial score (nSPS) is 12.5. The third-order valence-electron chi connectivity index (χ3n) is 6.16. The quantitative estimate of drug-likeness (QED) is 0.185. The largest absolute Gasteiger partial charge is 0.522 e. The number of rotatable bonds is 12. The maximum absolute atomic E-state index is 13.1. The maximum atomic E-state index is 13.1. The van der Waals surface area contributed by atoms with Crippen LogP contribution in [0.15, 0.2) is 71.6 Å². The highest BCUT2D eigenvalue weighted by Gasteiger charge is 2.31. The Bertz CT molecular complexity index is 1700. The summed E-state index contributed by atoms with van der Waals surface area (Å²) in [6.45, 7) is -2.10. The first kappa shape index (κ1) is 32.9. The van der Waals surface area contributed by atoms with Gasteiger partial charge in [0, 0.05) is 32.6 Å². The number of anilines is 2. The van der Waals surface area contributed by atoms with E-state index in [0.29, 0.717) is 18.1 Å². The Morgan fingerprint density at radius 3 is 2.00 bits per heavy atom. The summed E-state index contributed by atoms with van der Waals surface area (Å²) in [6.07, 6.45) is -10.0. The monoisotopic (exact) mass is 643 g/mol. The number of fused-ring (bicyclic) bond motifs is 1. The molecule has 0 fully saturated rings. The molecule has 4 aromatic rings. The van der Waals surface area contributed by atoms with E-state index >= 15 is 0 Å². The van der Waals surface area contributed by atoms with Crippen LogP contribution in [0.1, 0.15) is 22.3 Å². The molecule has 0 aliphatic carbocycles. The highest BCUT2D eigenvalue weighted by Crippen LogP contribution is 2.26. The topological polar surface area (TPSA) is 106 Å². The number of nitrogens with zero attached hydrogens (tertiary/aromatic N) is 3. The van der Waals surface area contributed by atoms with E-state index in [9.17, 15) is 34.8 Å². The second-order valence-electron chi connectivity index (χ2n) is 9.69. The molecule has 44 heavy (non-hydrogen) atoms. The van der Waals surface area contributed by atoms with Gasteiger partial charge < -0.3 is 10.2 Å². The minimum atomic E-state index is -5.06. The number of halogens is 6. The highest BCUT2D eigenvalue weighted by atomic mass is 32.2. The molecule has 1 aromatic heterocycles. The Balaban J connectivity index is 1.44. The lowest BCUT2D eigenvalue weighted by atomic mass is 10.1. The van der Waals surface area contributed by atoms with Gasteiger partial charge in [-0.3, -0.25) is 9.47 Å². The van der Waals surface area contributed by atoms with E-state index < -0.39 is 46.4 Å². The van der Waals surface area contributed by atoms with Crippen molar-refractivity contribution < 1.29 is 44.2 Å². The molecular weight excluding hydrogens is 616 g/mol. The number of nitrogens with one attached hydrogen (secondary N) is 2. The molecule has 4 rings (SSSR count). The van der Waals surface area contributed by atoms with E-state index in [4.69, 9.17) is 0 Å². The molecule has 0 atom stereocenters. The molecule has 0 unspecified atom stereocenters. The summed E-state index contributed by atoms with van der Waals surface area (Å²) in [7, 11) is -0.732. The van der Waals surface area contributed by atoms with Crippen molar-refractivity contribution in [2.75, 3.05) is 24.3 Å². The zero-order valence-corrected chi connectivity index (χ0v) is 24.1. The van der Waals surface area contributed by atoms with Gasteiger partial charge in [-0.05, 0) is 40.5 Å². The molecule has 0 saturated carbocycles. The highest BCUT2D eigenvalue weighted by molar-refractivity contribution is 7.89. The average Bonchev–Trinajstić information content (AvgIpc) is 2.96. The Kier molecular flexibility index (Phi) is 9.98. The molecule has 0 bridgehead atoms. The molecule has 0 radical (unpaired) electrons. The van der Waals surface area contributed by atoms with Crippen molar-refractivity contribution in [3.05, 3.63) is 89.0 Å². The number of hydrogen-bond acceptors (Lipinski definition) is 8. The van der Waals surface area contributed by atoms with Gasteiger partial charge in [-0.25, -0.2) is 18.1 Å². The molecule has 16 heteroatoms. The second-order valence-corrected chi connectivity index (χ2v) is 11.4. The number of ether oxygens (including phenoxy) is 2. The van der Waals surface area contributed by atoms with Gasteiger partial charge in [0.2, 0.25) is 16.0 Å². The van der Waals surface area contributed by atoms with E-state index in [1.165, 1.54) is 0 Å². The van der Waals surface area contributed by atoms with Crippen LogP contribution in [0.3, 0.4) is 0 Å². The van der Waals surface area contributed by atoms with E-state index in [0.717, 1.165) is 40.5 Å². The smallest absolute Gasteiger partial charge is 0.362 e. The van der Waals surface area contributed by atoms with Crippen molar-refractivity contribution in [2.45, 2.75) is 43.9 Å². The van der Waals surface area contributed by atoms with Crippen molar-refractivity contribution in [1.29, 1.82) is 0 Å². The first-order valence-electron chi connectivity index (χ1n) is 12.9. The minimum absolute atomic E-state index is 0.219. The Morgan fingerprint density at radius 2 is 1.36 bits per heavy atom. The van der Waals surface area contributed by atoms with Crippen LogP contribution in [0.5, 0.6) is 0 Å². The molecule has 9 nitrogen and oxygen atoms in total. The van der Waals surface area contributed by atoms with Crippen LogP contribution in [-0.4, -0.2) is 45.2 Å². The summed E-state index contributed by atoms with van der Waals surface area (Å²) >= 11 is 0. The van der Waals surface area contributed by atoms with Gasteiger partial charge in [-0.15, -0.1) is 26.3 Å². The fourth-order valence-corrected chi connectivity index (χ4v) is 5.37. The van der Waals surface area contributed by atoms with E-state index in [-0.39, 0.29) is 12.1 Å². The summed E-state index contributed by atoms with van der Waals surface area (Å²) in [5.41, 5.74) is 1.48. The summed E-state index contributed by atoms with van der Waals surface area (Å²) < 4.78 is 111. The van der Waals surface area contributed by atoms with Crippen molar-refractivity contribution in [2.24, 2.45) is 0 Å². The predicted molar refractivity (Wildman–Crippen MR) is 150 cm³/mol. The van der Waals surface area contributed by atoms with Crippen LogP contribution in [-0.2, 0) is 45.8 Å². The lowest BCUT2D eigenvalue weighted by Gasteiger charge is -2.16. The van der Waals surface area contributed by atoms with Gasteiger partial charge >= 0.3 is 12.7 Å². The lowest BCUT2D eigenvalue weighted by molar-refractivity contribution is -0.331. The molecule has 3 aromatic carbocycles. The number of hydrogen-bond donors (Lipinski definition) is 2. The third kappa shape index (κ3) is 9.25. The molecule has 0 saturated heterocycles. The Hall–Kier alpha value is -3.99. The van der Waals surface area contributed by atoms with Crippen molar-refractivity contribution in [1.82, 2.24) is 14.7 Å². The summed E-state index contributed by atoms with van der Waals surface area (Å²) in [5.74, 6) is 1.16. The standard InChI is InChI=1S/C28H27F6N5O4S/c1-39(2)25-22-5-3-4-6-23(22)37-26(38-25)35-14-18-7-9-19(10-8-18)15-36-44(40,41)24-13-20(16-42-27(29,30)31)11-12-21(24)17-43-28(32,33)34/h3-13,36H,14-17H2,1-2H3,(H,35,37,38). The zero-order valence-electron chi connectivity index (χ0n) is 23.3. The average molecular weight is 644 g/mol. The van der Waals surface area contributed by atoms with E-state index in [1.54, 1.807) is 24.3 Å². The Morgan fingerprint density at radius 1 is 0.773 bits per heavy atom. The van der Waals surface area contributed by atoms with E-state index in [1.807, 2.05) is 43.3 Å². The third-order valence-corrected chi connectivity index (χ3v) is 7.64. The molecule has 0 aliphatic rings. The number of benzene rings is 3. The van der Waals surface area contributed by atoms with Crippen molar-refractivity contribution >= 4 is 32.7 Å². The predicted octanol–water partition coefficient (Wildman–Crippen LogP) is 5.86. The Labute approximate surface area is 248 Å². The van der Waals surface area contributed by atoms with Crippen LogP contribution < -0.4 is 14.9 Å².